The molecule has 0 aliphatic carbocycles. The lowest BCUT2D eigenvalue weighted by Gasteiger charge is -2.24. The van der Waals surface area contributed by atoms with Crippen molar-refractivity contribution in [3.8, 4) is 11.8 Å². The van der Waals surface area contributed by atoms with Gasteiger partial charge in [-0.15, -0.1) is 0 Å². The van der Waals surface area contributed by atoms with E-state index in [2.05, 4.69) is 10.3 Å². The number of aromatic amines is 1. The van der Waals surface area contributed by atoms with Crippen LogP contribution in [0.4, 0.5) is 0 Å². The first-order valence-corrected chi connectivity index (χ1v) is 8.98. The molecule has 1 aliphatic rings. The summed E-state index contributed by atoms with van der Waals surface area (Å²) in [5.41, 5.74) is 1.25. The minimum Gasteiger partial charge on any atom is -0.478 e. The zero-order chi connectivity index (χ0) is 19.1. The number of H-pyrrole nitrogens is 1. The summed E-state index contributed by atoms with van der Waals surface area (Å²) in [6, 6.07) is 3.49. The number of nitrogens with one attached hydrogen (secondary N) is 2. The number of carbonyl (C=O) groups is 1. The smallest absolute Gasteiger partial charge is 0.224 e. The van der Waals surface area contributed by atoms with Gasteiger partial charge in [-0.1, -0.05) is 23.2 Å². The zero-order valence-corrected chi connectivity index (χ0v) is 16.0. The molecule has 1 aromatic carbocycles. The maximum absolute atomic E-state index is 12.2. The normalized spacial score (nSPS) is 17.4. The number of fused-ring (bicyclic) bond motifs is 3. The number of carbonyl (C=O) groups excluding carboxylic acids is 1. The van der Waals surface area contributed by atoms with Crippen molar-refractivity contribution >= 4 is 40.0 Å². The van der Waals surface area contributed by atoms with E-state index in [0.717, 1.165) is 11.3 Å². The zero-order valence-electron chi connectivity index (χ0n) is 14.4. The Morgan fingerprint density at radius 2 is 2.19 bits per heavy atom. The van der Waals surface area contributed by atoms with E-state index >= 15 is 0 Å². The van der Waals surface area contributed by atoms with Crippen LogP contribution in [0.2, 0.25) is 10.0 Å². The Balaban J connectivity index is 2.24. The number of benzene rings is 1. The average molecular weight is 396 g/mol. The Morgan fingerprint density at radius 3 is 2.85 bits per heavy atom. The molecule has 1 amide bonds. The second-order valence-electron chi connectivity index (χ2n) is 7.08. The molecule has 2 heterocycles. The first-order chi connectivity index (χ1) is 12.2. The molecular formula is C18H19Cl2N3O3. The van der Waals surface area contributed by atoms with Gasteiger partial charge in [0.2, 0.25) is 5.91 Å². The maximum atomic E-state index is 12.2. The topological polar surface area (TPSA) is 98.1 Å². The van der Waals surface area contributed by atoms with Gasteiger partial charge in [0.15, 0.2) is 6.61 Å². The summed E-state index contributed by atoms with van der Waals surface area (Å²) in [6.07, 6.45) is 0.603. The molecule has 2 aromatic rings. The molecule has 1 atom stereocenters. The molecule has 0 saturated heterocycles. The van der Waals surface area contributed by atoms with E-state index in [4.69, 9.17) is 33.2 Å². The predicted octanol–water partition coefficient (Wildman–Crippen LogP) is 3.29. The largest absolute Gasteiger partial charge is 0.478 e. The first-order valence-electron chi connectivity index (χ1n) is 8.22. The third kappa shape index (κ3) is 3.61. The Hall–Kier alpha value is -1.94. The number of halogens is 2. The molecule has 1 aromatic heterocycles. The molecule has 0 spiro atoms. The van der Waals surface area contributed by atoms with Gasteiger partial charge in [0.1, 0.15) is 11.8 Å². The van der Waals surface area contributed by atoms with E-state index in [-0.39, 0.29) is 24.9 Å². The summed E-state index contributed by atoms with van der Waals surface area (Å²) in [5, 5.41) is 23.3. The van der Waals surface area contributed by atoms with Crippen LogP contribution < -0.4 is 10.1 Å². The molecule has 3 N–H and O–H groups in total. The van der Waals surface area contributed by atoms with E-state index in [9.17, 15) is 9.90 Å². The Morgan fingerprint density at radius 1 is 1.46 bits per heavy atom. The number of nitrogens with zero attached hydrogens (tertiary/aromatic N) is 1. The first kappa shape index (κ1) is 18.8. The SMILES string of the molecule is CC(C)(O)C[C@@H]1CNC(=O)Cc2c1[nH]c1c(Cl)c(Cl)cc(OCC#N)c21. The number of rotatable bonds is 4. The van der Waals surface area contributed by atoms with Crippen molar-refractivity contribution in [2.45, 2.75) is 38.2 Å². The molecule has 0 unspecified atom stereocenters. The van der Waals surface area contributed by atoms with Gasteiger partial charge in [0, 0.05) is 29.6 Å². The van der Waals surface area contributed by atoms with Crippen molar-refractivity contribution in [1.82, 2.24) is 10.3 Å². The summed E-state index contributed by atoms with van der Waals surface area (Å²) in [5.74, 6) is 0.162. The third-order valence-electron chi connectivity index (χ3n) is 4.40. The summed E-state index contributed by atoms with van der Waals surface area (Å²) in [4.78, 5) is 15.5. The molecular weight excluding hydrogens is 377 g/mol. The standard InChI is InChI=1S/C18H19Cl2N3O3/c1-18(2,25)7-9-8-22-13(24)5-10-14-12(26-4-3-21)6-11(19)15(20)17(14)23-16(9)10/h6,9,23,25H,4-5,7-8H2,1-2H3,(H,22,24)/t9-/m1/s1. The average Bonchev–Trinajstić information content (AvgIpc) is 2.85. The van der Waals surface area contributed by atoms with Gasteiger partial charge in [0.25, 0.3) is 0 Å². The highest BCUT2D eigenvalue weighted by atomic mass is 35.5. The summed E-state index contributed by atoms with van der Waals surface area (Å²) >= 11 is 12.6. The number of ether oxygens (including phenoxy) is 1. The van der Waals surface area contributed by atoms with E-state index < -0.39 is 5.60 Å². The van der Waals surface area contributed by atoms with Gasteiger partial charge >= 0.3 is 0 Å². The fraction of sp³-hybridized carbons (Fsp3) is 0.444. The van der Waals surface area contributed by atoms with Crippen LogP contribution in [0.5, 0.6) is 5.75 Å². The fourth-order valence-electron chi connectivity index (χ4n) is 3.46. The van der Waals surface area contributed by atoms with E-state index in [1.165, 1.54) is 0 Å². The Labute approximate surface area is 161 Å². The van der Waals surface area contributed by atoms with Crippen molar-refractivity contribution in [2.24, 2.45) is 0 Å². The van der Waals surface area contributed by atoms with Gasteiger partial charge in [0.05, 0.1) is 27.6 Å². The number of aromatic nitrogens is 1. The Bertz CT molecular complexity index is 909. The molecule has 0 radical (unpaired) electrons. The van der Waals surface area contributed by atoms with E-state index in [1.54, 1.807) is 19.9 Å². The number of nitriles is 1. The van der Waals surface area contributed by atoms with Crippen LogP contribution in [0, 0.1) is 11.3 Å². The molecule has 138 valence electrons. The molecule has 0 bridgehead atoms. The van der Waals surface area contributed by atoms with Crippen molar-refractivity contribution in [3.63, 3.8) is 0 Å². The van der Waals surface area contributed by atoms with Gasteiger partial charge in [-0.2, -0.15) is 5.26 Å². The lowest BCUT2D eigenvalue weighted by molar-refractivity contribution is -0.120. The monoisotopic (exact) mass is 395 g/mol. The van der Waals surface area contributed by atoms with Gasteiger partial charge in [-0.05, 0) is 25.8 Å². The predicted molar refractivity (Wildman–Crippen MR) is 99.8 cm³/mol. The fourth-order valence-corrected chi connectivity index (χ4v) is 3.85. The summed E-state index contributed by atoms with van der Waals surface area (Å²) in [6.45, 7) is 3.72. The van der Waals surface area contributed by atoms with Crippen LogP contribution in [-0.4, -0.2) is 34.8 Å². The van der Waals surface area contributed by atoms with Crippen molar-refractivity contribution in [1.29, 1.82) is 5.26 Å². The minimum absolute atomic E-state index is 0.122. The highest BCUT2D eigenvalue weighted by Gasteiger charge is 2.31. The highest BCUT2D eigenvalue weighted by Crippen LogP contribution is 2.43. The van der Waals surface area contributed by atoms with Gasteiger partial charge in [-0.3, -0.25) is 4.79 Å². The third-order valence-corrected chi connectivity index (χ3v) is 5.19. The summed E-state index contributed by atoms with van der Waals surface area (Å²) in [7, 11) is 0. The quantitative estimate of drug-likeness (QED) is 0.739. The number of hydrogen-bond acceptors (Lipinski definition) is 4. The van der Waals surface area contributed by atoms with Gasteiger partial charge < -0.3 is 20.1 Å². The Kier molecular flexibility index (Phi) is 5.07. The highest BCUT2D eigenvalue weighted by molar-refractivity contribution is 6.45. The molecule has 0 saturated carbocycles. The second kappa shape index (κ2) is 6.99. The number of aliphatic hydroxyl groups is 1. The lowest BCUT2D eigenvalue weighted by Crippen LogP contribution is -2.30. The van der Waals surface area contributed by atoms with Crippen molar-refractivity contribution < 1.29 is 14.6 Å². The van der Waals surface area contributed by atoms with Crippen molar-refractivity contribution in [3.05, 3.63) is 27.4 Å². The van der Waals surface area contributed by atoms with Crippen molar-refractivity contribution in [2.75, 3.05) is 13.2 Å². The van der Waals surface area contributed by atoms with E-state index in [1.807, 2.05) is 6.07 Å². The molecule has 3 rings (SSSR count). The molecule has 6 nitrogen and oxygen atoms in total. The second-order valence-corrected chi connectivity index (χ2v) is 7.86. The van der Waals surface area contributed by atoms with Crippen LogP contribution in [0.25, 0.3) is 10.9 Å². The maximum Gasteiger partial charge on any atom is 0.224 e. The van der Waals surface area contributed by atoms with Crippen LogP contribution in [0.3, 0.4) is 0 Å². The van der Waals surface area contributed by atoms with Crippen LogP contribution in [0.15, 0.2) is 6.07 Å². The van der Waals surface area contributed by atoms with Crippen LogP contribution in [0.1, 0.15) is 37.4 Å². The minimum atomic E-state index is -0.907. The molecule has 8 heteroatoms. The number of amides is 1. The van der Waals surface area contributed by atoms with Gasteiger partial charge in [-0.25, -0.2) is 0 Å². The number of hydrogen-bond donors (Lipinski definition) is 3. The molecule has 1 aliphatic heterocycles. The van der Waals surface area contributed by atoms with Crippen LogP contribution >= 0.6 is 23.2 Å². The molecule has 26 heavy (non-hydrogen) atoms. The lowest BCUT2D eigenvalue weighted by atomic mass is 9.89. The van der Waals surface area contributed by atoms with E-state index in [0.29, 0.717) is 39.7 Å². The molecule has 0 fully saturated rings. The van der Waals surface area contributed by atoms with Crippen LogP contribution in [-0.2, 0) is 11.2 Å². The summed E-state index contributed by atoms with van der Waals surface area (Å²) < 4.78 is 5.54.